The lowest BCUT2D eigenvalue weighted by Crippen LogP contribution is -2.51. The van der Waals surface area contributed by atoms with Gasteiger partial charge in [0.15, 0.2) is 11.5 Å². The first-order chi connectivity index (χ1) is 19.1. The van der Waals surface area contributed by atoms with Crippen LogP contribution in [-0.4, -0.2) is 72.8 Å². The van der Waals surface area contributed by atoms with Crippen molar-refractivity contribution in [3.63, 3.8) is 0 Å². The highest BCUT2D eigenvalue weighted by atomic mass is 31.2. The maximum absolute atomic E-state index is 13.9. The number of esters is 1. The van der Waals surface area contributed by atoms with Crippen molar-refractivity contribution in [1.82, 2.24) is 24.7 Å². The second kappa shape index (κ2) is 11.3. The fraction of sp³-hybridized carbons (Fsp3) is 0.538. The molecule has 0 bridgehead atoms. The van der Waals surface area contributed by atoms with Crippen LogP contribution in [0.4, 0.5) is 5.82 Å². The van der Waals surface area contributed by atoms with Gasteiger partial charge >= 0.3 is 13.7 Å². The molecule has 14 nitrogen and oxygen atoms in total. The maximum atomic E-state index is 13.9. The van der Waals surface area contributed by atoms with E-state index < -0.39 is 55.2 Å². The Labute approximate surface area is 237 Å². The maximum Gasteiger partial charge on any atom is 0.459 e. The molecule has 15 heteroatoms. The highest BCUT2D eigenvalue weighted by molar-refractivity contribution is 7.52. The zero-order chi connectivity index (χ0) is 30.2. The number of nitrogen functional groups attached to an aromatic ring is 1. The monoisotopic (exact) mass is 592 g/mol. The number of benzene rings is 1. The van der Waals surface area contributed by atoms with Crippen LogP contribution in [0.15, 0.2) is 42.9 Å². The van der Waals surface area contributed by atoms with Crippen LogP contribution in [0, 0.1) is 5.41 Å². The van der Waals surface area contributed by atoms with Gasteiger partial charge in [-0.1, -0.05) is 18.2 Å². The molecule has 0 amide bonds. The van der Waals surface area contributed by atoms with Crippen molar-refractivity contribution in [1.29, 1.82) is 0 Å². The van der Waals surface area contributed by atoms with Crippen LogP contribution >= 0.6 is 7.75 Å². The van der Waals surface area contributed by atoms with Crippen molar-refractivity contribution < 1.29 is 38.1 Å². The molecule has 0 saturated carbocycles. The van der Waals surface area contributed by atoms with E-state index in [1.165, 1.54) is 24.0 Å². The van der Waals surface area contributed by atoms with E-state index in [0.29, 0.717) is 5.69 Å². The Hall–Kier alpha value is -3.13. The number of aliphatic hydroxyl groups excluding tert-OH is 1. The van der Waals surface area contributed by atoms with Gasteiger partial charge in [-0.15, -0.1) is 0 Å². The van der Waals surface area contributed by atoms with Crippen LogP contribution in [0.5, 0.6) is 5.75 Å². The second-order valence-electron chi connectivity index (χ2n) is 11.4. The van der Waals surface area contributed by atoms with Crippen molar-refractivity contribution in [2.24, 2.45) is 5.41 Å². The van der Waals surface area contributed by atoms with Gasteiger partial charge in [0.05, 0.1) is 23.9 Å². The van der Waals surface area contributed by atoms with E-state index in [9.17, 15) is 19.6 Å². The van der Waals surface area contributed by atoms with Crippen LogP contribution < -0.4 is 15.3 Å². The lowest BCUT2D eigenvalue weighted by Gasteiger charge is -2.35. The summed E-state index contributed by atoms with van der Waals surface area (Å²) in [6.45, 7) is 9.27. The van der Waals surface area contributed by atoms with Crippen molar-refractivity contribution >= 4 is 25.2 Å². The molecule has 6 atom stereocenters. The van der Waals surface area contributed by atoms with Gasteiger partial charge < -0.3 is 29.9 Å². The normalized spacial score (nSPS) is 26.9. The molecule has 2 aromatic heterocycles. The number of fused-ring (bicyclic) bond motifs is 1. The number of hydrogen-bond acceptors (Lipinski definition) is 12. The molecule has 1 fully saturated rings. The fourth-order valence-corrected chi connectivity index (χ4v) is 5.88. The van der Waals surface area contributed by atoms with E-state index in [1.54, 1.807) is 65.0 Å². The molecular weight excluding hydrogens is 555 g/mol. The molecular formula is C26H37N6O8P. The first-order valence-electron chi connectivity index (χ1n) is 13.0. The molecule has 5 N–H and O–H groups in total. The molecule has 0 radical (unpaired) electrons. The number of rotatable bonds is 10. The van der Waals surface area contributed by atoms with E-state index in [2.05, 4.69) is 20.2 Å². The van der Waals surface area contributed by atoms with E-state index >= 15 is 0 Å². The lowest BCUT2D eigenvalue weighted by molar-refractivity contribution is -0.153. The van der Waals surface area contributed by atoms with Crippen LogP contribution in [-0.2, 0) is 29.0 Å². The lowest BCUT2D eigenvalue weighted by atomic mass is 9.81. The average Bonchev–Trinajstić information content (AvgIpc) is 3.41. The molecule has 1 aliphatic heterocycles. The van der Waals surface area contributed by atoms with Gasteiger partial charge in [0.1, 0.15) is 42.1 Å². The summed E-state index contributed by atoms with van der Waals surface area (Å²) >= 11 is 0. The molecule has 224 valence electrons. The summed E-state index contributed by atoms with van der Waals surface area (Å²) < 4.78 is 38.3. The number of nitrogens with zero attached hydrogens (tertiary/aromatic N) is 4. The predicted molar refractivity (Wildman–Crippen MR) is 148 cm³/mol. The highest BCUT2D eigenvalue weighted by Crippen LogP contribution is 2.50. The van der Waals surface area contributed by atoms with Crippen LogP contribution in [0.25, 0.3) is 5.65 Å². The second-order valence-corrected chi connectivity index (χ2v) is 13.1. The summed E-state index contributed by atoms with van der Waals surface area (Å²) in [7, 11) is -4.14. The number of para-hydroxylation sites is 1. The molecule has 3 heterocycles. The summed E-state index contributed by atoms with van der Waals surface area (Å²) in [5, 5.41) is 29.5. The fourth-order valence-electron chi connectivity index (χ4n) is 4.34. The van der Waals surface area contributed by atoms with Crippen molar-refractivity contribution in [2.45, 2.75) is 71.0 Å². The van der Waals surface area contributed by atoms with Gasteiger partial charge in [0.25, 0.3) is 0 Å². The number of carbonyl (C=O) groups is 1. The third-order valence-electron chi connectivity index (χ3n) is 6.93. The van der Waals surface area contributed by atoms with Gasteiger partial charge in [-0.25, -0.2) is 24.1 Å². The zero-order valence-electron chi connectivity index (χ0n) is 23.8. The smallest absolute Gasteiger partial charge is 0.459 e. The Morgan fingerprint density at radius 1 is 1.27 bits per heavy atom. The number of nitrogens with one attached hydrogen (secondary N) is 1. The number of imidazole rings is 1. The molecule has 1 aliphatic rings. The number of hydrogen-bond donors (Lipinski definition) is 4. The molecule has 3 aromatic rings. The van der Waals surface area contributed by atoms with E-state index in [1.807, 2.05) is 0 Å². The molecule has 0 spiro atoms. The number of anilines is 1. The molecule has 0 aliphatic carbocycles. The van der Waals surface area contributed by atoms with Crippen LogP contribution in [0.2, 0.25) is 0 Å². The minimum atomic E-state index is -4.14. The molecule has 1 unspecified atom stereocenters. The van der Waals surface area contributed by atoms with Crippen LogP contribution in [0.3, 0.4) is 0 Å². The van der Waals surface area contributed by atoms with Crippen molar-refractivity contribution in [3.8, 4) is 5.75 Å². The SMILES string of the molecule is C[C@@H](COC(=O)C(C)(C)C)NP(=O)(OC[C@H]1O[C@@](C)(c2cnc3c(N)ncnn23)[C@](C)(O)[C@@H]1O)Oc1ccccc1. The van der Waals surface area contributed by atoms with Gasteiger partial charge in [0, 0.05) is 6.04 Å². The van der Waals surface area contributed by atoms with Gasteiger partial charge in [-0.3, -0.25) is 9.32 Å². The standard InChI is InChI=1S/C26H37N6O8P/c1-16(13-37-23(34)24(2,3)4)31-41(36,40-17-10-8-7-9-11-17)38-14-18-20(33)25(5,35)26(6,39-18)19-12-28-22-21(27)29-15-30-32(19)22/h7-12,15-16,18,20,33,35H,13-14H2,1-6H3,(H,31,36)(H2,27,29,30)/t16-,18+,20+,25+,26-,41?/m0/s1. The summed E-state index contributed by atoms with van der Waals surface area (Å²) in [6.07, 6.45) is 0.0345. The molecule has 4 rings (SSSR count). The topological polar surface area (TPSA) is 193 Å². The number of aromatic nitrogens is 4. The number of ether oxygens (including phenoxy) is 2. The van der Waals surface area contributed by atoms with Gasteiger partial charge in [0.2, 0.25) is 0 Å². The molecule has 41 heavy (non-hydrogen) atoms. The number of carbonyl (C=O) groups excluding carboxylic acids is 1. The Bertz CT molecular complexity index is 1430. The first kappa shape index (κ1) is 30.8. The van der Waals surface area contributed by atoms with Gasteiger partial charge in [-0.2, -0.15) is 5.10 Å². The van der Waals surface area contributed by atoms with Crippen molar-refractivity contribution in [3.05, 3.63) is 48.5 Å². The minimum Gasteiger partial charge on any atom is -0.464 e. The highest BCUT2D eigenvalue weighted by Gasteiger charge is 2.62. The Kier molecular flexibility index (Phi) is 8.47. The minimum absolute atomic E-state index is 0.101. The predicted octanol–water partition coefficient (Wildman–Crippen LogP) is 2.20. The summed E-state index contributed by atoms with van der Waals surface area (Å²) in [6, 6.07) is 7.73. The Morgan fingerprint density at radius 2 is 1.95 bits per heavy atom. The van der Waals surface area contributed by atoms with E-state index in [4.69, 9.17) is 24.3 Å². The largest absolute Gasteiger partial charge is 0.464 e. The Balaban J connectivity index is 1.54. The quantitative estimate of drug-likeness (QED) is 0.198. The average molecular weight is 593 g/mol. The van der Waals surface area contributed by atoms with Crippen molar-refractivity contribution in [2.75, 3.05) is 18.9 Å². The molecule has 1 saturated heterocycles. The summed E-state index contributed by atoms with van der Waals surface area (Å²) in [4.78, 5) is 20.4. The van der Waals surface area contributed by atoms with Crippen LogP contribution in [0.1, 0.15) is 47.2 Å². The van der Waals surface area contributed by atoms with E-state index in [-0.39, 0.29) is 23.8 Å². The first-order valence-corrected chi connectivity index (χ1v) is 14.6. The Morgan fingerprint density at radius 3 is 2.61 bits per heavy atom. The third kappa shape index (κ3) is 6.22. The summed E-state index contributed by atoms with van der Waals surface area (Å²) in [5.41, 5.74) is 2.36. The van der Waals surface area contributed by atoms with Gasteiger partial charge in [-0.05, 0) is 53.7 Å². The summed E-state index contributed by atoms with van der Waals surface area (Å²) in [5.74, 6) is -0.0375. The third-order valence-corrected chi connectivity index (χ3v) is 8.63. The zero-order valence-corrected chi connectivity index (χ0v) is 24.7. The number of aliphatic hydroxyl groups is 2. The molecule has 1 aromatic carbocycles. The van der Waals surface area contributed by atoms with E-state index in [0.717, 1.165) is 0 Å². The number of nitrogens with two attached hydrogens (primary N) is 1.